The second kappa shape index (κ2) is 12.9. The van der Waals surface area contributed by atoms with Crippen LogP contribution in [0.25, 0.3) is 0 Å². The fourth-order valence-corrected chi connectivity index (χ4v) is 4.99. The molecule has 5 nitrogen and oxygen atoms in total. The molecule has 37 heavy (non-hydrogen) atoms. The van der Waals surface area contributed by atoms with Gasteiger partial charge in [-0.3, -0.25) is 9.59 Å². The summed E-state index contributed by atoms with van der Waals surface area (Å²) in [5.74, 6) is 0.304. The van der Waals surface area contributed by atoms with Crippen LogP contribution in [0.15, 0.2) is 77.3 Å². The first-order chi connectivity index (χ1) is 17.9. The Morgan fingerprint density at radius 3 is 2.35 bits per heavy atom. The van der Waals surface area contributed by atoms with Crippen molar-refractivity contribution in [2.24, 2.45) is 0 Å². The number of carbonyl (C=O) groups is 2. The van der Waals surface area contributed by atoms with Gasteiger partial charge in [0.25, 0.3) is 5.91 Å². The van der Waals surface area contributed by atoms with Crippen LogP contribution in [0.2, 0.25) is 0 Å². The molecule has 0 radical (unpaired) electrons. The smallest absolute Gasteiger partial charge is 0.261 e. The van der Waals surface area contributed by atoms with Crippen LogP contribution in [-0.2, 0) is 22.6 Å². The van der Waals surface area contributed by atoms with Gasteiger partial charge in [-0.2, -0.15) is 0 Å². The maximum Gasteiger partial charge on any atom is 0.261 e. The van der Waals surface area contributed by atoms with Crippen molar-refractivity contribution in [3.63, 3.8) is 0 Å². The summed E-state index contributed by atoms with van der Waals surface area (Å²) >= 11 is 3.50. The largest absolute Gasteiger partial charge is 0.484 e. The summed E-state index contributed by atoms with van der Waals surface area (Å²) in [7, 11) is 0. The standard InChI is InChI=1S/C31H35BrN2O3/c1-22-12-14-25(15-13-22)20-34(30(35)21-37-27-16-17-28(32)23(2)18-27)29(19-24-8-4-3-5-9-24)31(36)33-26-10-6-7-11-26/h3-5,8-9,12-18,26,29H,6-7,10-11,19-21H2,1-2H3,(H,33,36)/t29-/m0/s1. The molecular formula is C31H35BrN2O3. The predicted octanol–water partition coefficient (Wildman–Crippen LogP) is 6.14. The van der Waals surface area contributed by atoms with Crippen LogP contribution in [-0.4, -0.2) is 35.4 Å². The molecule has 0 aliphatic heterocycles. The second-order valence-corrected chi connectivity index (χ2v) is 10.8. The first-order valence-electron chi connectivity index (χ1n) is 13.0. The van der Waals surface area contributed by atoms with Gasteiger partial charge in [-0.1, -0.05) is 88.9 Å². The number of ether oxygens (including phenoxy) is 1. The van der Waals surface area contributed by atoms with Gasteiger partial charge in [-0.25, -0.2) is 0 Å². The molecule has 0 saturated heterocycles. The lowest BCUT2D eigenvalue weighted by Crippen LogP contribution is -2.53. The maximum absolute atomic E-state index is 13.7. The monoisotopic (exact) mass is 562 g/mol. The lowest BCUT2D eigenvalue weighted by Gasteiger charge is -2.32. The molecule has 6 heteroatoms. The Balaban J connectivity index is 1.60. The number of amides is 2. The fourth-order valence-electron chi connectivity index (χ4n) is 4.75. The van der Waals surface area contributed by atoms with Crippen LogP contribution >= 0.6 is 15.9 Å². The first kappa shape index (κ1) is 26.9. The molecular weight excluding hydrogens is 528 g/mol. The SMILES string of the molecule is Cc1ccc(CN(C(=O)COc2ccc(Br)c(C)c2)[C@@H](Cc2ccccc2)C(=O)NC2CCCC2)cc1. The molecule has 4 rings (SSSR count). The van der Waals surface area contributed by atoms with E-state index >= 15 is 0 Å². The average Bonchev–Trinajstić information content (AvgIpc) is 3.41. The number of rotatable bonds is 10. The summed E-state index contributed by atoms with van der Waals surface area (Å²) in [5, 5.41) is 3.24. The minimum absolute atomic E-state index is 0.101. The highest BCUT2D eigenvalue weighted by molar-refractivity contribution is 9.10. The molecule has 1 saturated carbocycles. The van der Waals surface area contributed by atoms with Gasteiger partial charge in [0.15, 0.2) is 6.61 Å². The van der Waals surface area contributed by atoms with E-state index in [4.69, 9.17) is 4.74 Å². The zero-order valence-electron chi connectivity index (χ0n) is 21.6. The molecule has 1 fully saturated rings. The van der Waals surface area contributed by atoms with Crippen molar-refractivity contribution in [1.29, 1.82) is 0 Å². The minimum Gasteiger partial charge on any atom is -0.484 e. The van der Waals surface area contributed by atoms with Gasteiger partial charge in [-0.15, -0.1) is 0 Å². The molecule has 194 valence electrons. The van der Waals surface area contributed by atoms with Gasteiger partial charge in [-0.05, 0) is 61.6 Å². The number of aryl methyl sites for hydroxylation is 2. The van der Waals surface area contributed by atoms with Gasteiger partial charge in [0.1, 0.15) is 11.8 Å². The Hall–Kier alpha value is -3.12. The molecule has 1 atom stereocenters. The van der Waals surface area contributed by atoms with E-state index in [0.29, 0.717) is 18.7 Å². The number of halogens is 1. The zero-order valence-corrected chi connectivity index (χ0v) is 23.2. The molecule has 0 bridgehead atoms. The summed E-state index contributed by atoms with van der Waals surface area (Å²) in [6, 6.07) is 23.2. The third-order valence-corrected chi connectivity index (χ3v) is 7.83. The van der Waals surface area contributed by atoms with Crippen LogP contribution in [0.4, 0.5) is 0 Å². The van der Waals surface area contributed by atoms with Crippen molar-refractivity contribution in [2.75, 3.05) is 6.61 Å². The zero-order chi connectivity index (χ0) is 26.2. The fraction of sp³-hybridized carbons (Fsp3) is 0.355. The normalized spacial score (nSPS) is 14.2. The van der Waals surface area contributed by atoms with Crippen molar-refractivity contribution in [3.05, 3.63) is 99.5 Å². The van der Waals surface area contributed by atoms with Crippen molar-refractivity contribution in [2.45, 2.75) is 64.6 Å². The van der Waals surface area contributed by atoms with E-state index in [1.807, 2.05) is 86.6 Å². The molecule has 3 aromatic carbocycles. The van der Waals surface area contributed by atoms with Crippen molar-refractivity contribution >= 4 is 27.7 Å². The summed E-state index contributed by atoms with van der Waals surface area (Å²) in [6.45, 7) is 4.20. The maximum atomic E-state index is 13.7. The Kier molecular flexibility index (Phi) is 9.40. The second-order valence-electron chi connectivity index (χ2n) is 9.90. The van der Waals surface area contributed by atoms with Gasteiger partial charge < -0.3 is 15.0 Å². The number of carbonyl (C=O) groups excluding carboxylic acids is 2. The molecule has 0 spiro atoms. The van der Waals surface area contributed by atoms with E-state index in [2.05, 4.69) is 21.2 Å². The molecule has 1 aliphatic carbocycles. The van der Waals surface area contributed by atoms with Gasteiger partial charge in [0.2, 0.25) is 5.91 Å². The topological polar surface area (TPSA) is 58.6 Å². The highest BCUT2D eigenvalue weighted by Crippen LogP contribution is 2.23. The minimum atomic E-state index is -0.646. The van der Waals surface area contributed by atoms with Crippen LogP contribution in [0, 0.1) is 13.8 Å². The molecule has 1 N–H and O–H groups in total. The van der Waals surface area contributed by atoms with E-state index in [0.717, 1.165) is 52.4 Å². The van der Waals surface area contributed by atoms with E-state index in [-0.39, 0.29) is 24.5 Å². The van der Waals surface area contributed by atoms with Crippen molar-refractivity contribution in [1.82, 2.24) is 10.2 Å². The summed E-state index contributed by atoms with van der Waals surface area (Å²) in [6.07, 6.45) is 4.67. The van der Waals surface area contributed by atoms with E-state index in [9.17, 15) is 9.59 Å². The molecule has 0 unspecified atom stereocenters. The Bertz CT molecular complexity index is 1190. The molecule has 0 aromatic heterocycles. The van der Waals surface area contributed by atoms with E-state index in [1.165, 1.54) is 0 Å². The molecule has 3 aromatic rings. The molecule has 2 amide bonds. The Morgan fingerprint density at radius 2 is 1.68 bits per heavy atom. The third kappa shape index (κ3) is 7.68. The number of hydrogen-bond donors (Lipinski definition) is 1. The summed E-state index contributed by atoms with van der Waals surface area (Å²) in [4.78, 5) is 29.1. The highest BCUT2D eigenvalue weighted by atomic mass is 79.9. The lowest BCUT2D eigenvalue weighted by molar-refractivity contribution is -0.143. The van der Waals surface area contributed by atoms with Crippen LogP contribution < -0.4 is 10.1 Å². The highest BCUT2D eigenvalue weighted by Gasteiger charge is 2.32. The van der Waals surface area contributed by atoms with Crippen LogP contribution in [0.5, 0.6) is 5.75 Å². The molecule has 1 aliphatic rings. The Labute approximate surface area is 228 Å². The van der Waals surface area contributed by atoms with Gasteiger partial charge >= 0.3 is 0 Å². The first-order valence-corrected chi connectivity index (χ1v) is 13.8. The van der Waals surface area contributed by atoms with Gasteiger partial charge in [0.05, 0.1) is 0 Å². The van der Waals surface area contributed by atoms with Crippen LogP contribution in [0.1, 0.15) is 47.9 Å². The quantitative estimate of drug-likeness (QED) is 0.322. The summed E-state index contributed by atoms with van der Waals surface area (Å²) < 4.78 is 6.90. The summed E-state index contributed by atoms with van der Waals surface area (Å²) in [5.41, 5.74) is 4.17. The van der Waals surface area contributed by atoms with Gasteiger partial charge in [0, 0.05) is 23.5 Å². The number of nitrogens with one attached hydrogen (secondary N) is 1. The number of benzene rings is 3. The lowest BCUT2D eigenvalue weighted by atomic mass is 10.0. The third-order valence-electron chi connectivity index (χ3n) is 6.94. The van der Waals surface area contributed by atoms with Crippen LogP contribution in [0.3, 0.4) is 0 Å². The number of nitrogens with zero attached hydrogens (tertiary/aromatic N) is 1. The van der Waals surface area contributed by atoms with E-state index < -0.39 is 6.04 Å². The van der Waals surface area contributed by atoms with E-state index in [1.54, 1.807) is 4.90 Å². The van der Waals surface area contributed by atoms with Crippen molar-refractivity contribution in [3.8, 4) is 5.75 Å². The Morgan fingerprint density at radius 1 is 0.973 bits per heavy atom. The average molecular weight is 564 g/mol. The predicted molar refractivity (Wildman–Crippen MR) is 150 cm³/mol. The number of hydrogen-bond acceptors (Lipinski definition) is 3. The molecule has 0 heterocycles. The van der Waals surface area contributed by atoms with Crippen molar-refractivity contribution < 1.29 is 14.3 Å².